The van der Waals surface area contributed by atoms with Crippen molar-refractivity contribution in [1.82, 2.24) is 10.2 Å². The fourth-order valence-corrected chi connectivity index (χ4v) is 5.96. The van der Waals surface area contributed by atoms with Gasteiger partial charge in [-0.05, 0) is 55.5 Å². The SMILES string of the molecule is CCC(C(=O)NC1CCCC1)N(Cc1ccccc1C)C(=O)CN(c1ccc(Cl)cc1Cl)S(C)(=O)=O. The summed E-state index contributed by atoms with van der Waals surface area (Å²) in [7, 11) is -3.88. The van der Waals surface area contributed by atoms with E-state index in [0.29, 0.717) is 11.4 Å². The van der Waals surface area contributed by atoms with E-state index in [4.69, 9.17) is 23.2 Å². The minimum absolute atomic E-state index is 0.0994. The Morgan fingerprint density at radius 3 is 2.36 bits per heavy atom. The third kappa shape index (κ3) is 7.14. The van der Waals surface area contributed by atoms with Crippen molar-refractivity contribution in [3.63, 3.8) is 0 Å². The van der Waals surface area contributed by atoms with Gasteiger partial charge in [-0.15, -0.1) is 0 Å². The van der Waals surface area contributed by atoms with E-state index in [1.807, 2.05) is 38.1 Å². The highest BCUT2D eigenvalue weighted by Crippen LogP contribution is 2.31. The van der Waals surface area contributed by atoms with Crippen molar-refractivity contribution in [3.8, 4) is 0 Å². The van der Waals surface area contributed by atoms with Crippen LogP contribution in [0, 0.1) is 6.92 Å². The summed E-state index contributed by atoms with van der Waals surface area (Å²) in [5.41, 5.74) is 2.01. The molecule has 1 N–H and O–H groups in total. The summed E-state index contributed by atoms with van der Waals surface area (Å²) in [6, 6.07) is 11.4. The van der Waals surface area contributed by atoms with Gasteiger partial charge >= 0.3 is 0 Å². The predicted octanol–water partition coefficient (Wildman–Crippen LogP) is 4.93. The number of rotatable bonds is 10. The van der Waals surface area contributed by atoms with Crippen molar-refractivity contribution < 1.29 is 18.0 Å². The average Bonchev–Trinajstić information content (AvgIpc) is 3.31. The van der Waals surface area contributed by atoms with Crippen LogP contribution in [0.2, 0.25) is 10.0 Å². The number of halogens is 2. The van der Waals surface area contributed by atoms with Gasteiger partial charge in [0.2, 0.25) is 21.8 Å². The second-order valence-electron chi connectivity index (χ2n) is 9.23. The molecule has 0 saturated heterocycles. The van der Waals surface area contributed by atoms with Gasteiger partial charge in [0.25, 0.3) is 0 Å². The maximum Gasteiger partial charge on any atom is 0.244 e. The van der Waals surface area contributed by atoms with E-state index in [-0.39, 0.29) is 29.2 Å². The molecule has 1 atom stereocenters. The Morgan fingerprint density at radius 1 is 1.11 bits per heavy atom. The summed E-state index contributed by atoms with van der Waals surface area (Å²) in [4.78, 5) is 28.6. The number of nitrogens with zero attached hydrogens (tertiary/aromatic N) is 2. The Kier molecular flexibility index (Phi) is 9.66. The largest absolute Gasteiger partial charge is 0.352 e. The number of carbonyl (C=O) groups is 2. The molecule has 0 bridgehead atoms. The van der Waals surface area contributed by atoms with E-state index in [1.165, 1.54) is 23.1 Å². The van der Waals surface area contributed by atoms with Crippen LogP contribution in [0.3, 0.4) is 0 Å². The van der Waals surface area contributed by atoms with Crippen molar-refractivity contribution in [1.29, 1.82) is 0 Å². The molecule has 0 aliphatic heterocycles. The summed E-state index contributed by atoms with van der Waals surface area (Å²) in [5, 5.41) is 3.55. The number of anilines is 1. The normalized spacial score (nSPS) is 14.9. The van der Waals surface area contributed by atoms with E-state index in [1.54, 1.807) is 0 Å². The van der Waals surface area contributed by atoms with Gasteiger partial charge in [-0.2, -0.15) is 0 Å². The van der Waals surface area contributed by atoms with Gasteiger partial charge in [0.15, 0.2) is 0 Å². The number of sulfonamides is 1. The molecular weight excluding hydrogens is 521 g/mol. The molecule has 3 rings (SSSR count). The Hall–Kier alpha value is -2.29. The summed E-state index contributed by atoms with van der Waals surface area (Å²) >= 11 is 12.3. The Labute approximate surface area is 223 Å². The lowest BCUT2D eigenvalue weighted by molar-refractivity contribution is -0.140. The Morgan fingerprint density at radius 2 is 1.78 bits per heavy atom. The molecule has 1 aliphatic carbocycles. The maximum atomic E-state index is 13.8. The van der Waals surface area contributed by atoms with Gasteiger partial charge < -0.3 is 10.2 Å². The quantitative estimate of drug-likeness (QED) is 0.451. The molecule has 36 heavy (non-hydrogen) atoms. The number of aryl methyl sites for hydroxylation is 1. The summed E-state index contributed by atoms with van der Waals surface area (Å²) in [6.45, 7) is 3.46. The zero-order valence-electron chi connectivity index (χ0n) is 20.8. The third-order valence-electron chi connectivity index (χ3n) is 6.55. The third-order valence-corrected chi connectivity index (χ3v) is 8.21. The number of nitrogens with one attached hydrogen (secondary N) is 1. The van der Waals surface area contributed by atoms with Crippen molar-refractivity contribution in [2.24, 2.45) is 0 Å². The van der Waals surface area contributed by atoms with Gasteiger partial charge in [-0.25, -0.2) is 8.42 Å². The smallest absolute Gasteiger partial charge is 0.244 e. The lowest BCUT2D eigenvalue weighted by atomic mass is 10.1. The van der Waals surface area contributed by atoms with Crippen LogP contribution in [0.4, 0.5) is 5.69 Å². The van der Waals surface area contributed by atoms with Crippen LogP contribution in [0.5, 0.6) is 0 Å². The van der Waals surface area contributed by atoms with Gasteiger partial charge in [-0.1, -0.05) is 67.2 Å². The first kappa shape index (κ1) is 28.3. The highest BCUT2D eigenvalue weighted by atomic mass is 35.5. The lowest BCUT2D eigenvalue weighted by Gasteiger charge is -2.34. The Balaban J connectivity index is 1.95. The topological polar surface area (TPSA) is 86.8 Å². The molecule has 1 saturated carbocycles. The van der Waals surface area contributed by atoms with Gasteiger partial charge in [0.1, 0.15) is 12.6 Å². The van der Waals surface area contributed by atoms with Crippen LogP contribution in [0.1, 0.15) is 50.2 Å². The van der Waals surface area contributed by atoms with E-state index < -0.39 is 28.5 Å². The van der Waals surface area contributed by atoms with E-state index in [9.17, 15) is 18.0 Å². The second-order valence-corrected chi connectivity index (χ2v) is 12.0. The molecule has 2 aromatic carbocycles. The summed E-state index contributed by atoms with van der Waals surface area (Å²) in [5.74, 6) is -0.718. The fourth-order valence-electron chi connectivity index (χ4n) is 4.54. The number of hydrogen-bond acceptors (Lipinski definition) is 4. The molecule has 1 aliphatic rings. The molecular formula is C26H33Cl2N3O4S. The van der Waals surface area contributed by atoms with E-state index >= 15 is 0 Å². The summed E-state index contributed by atoms with van der Waals surface area (Å²) < 4.78 is 26.4. The van der Waals surface area contributed by atoms with Crippen molar-refractivity contribution in [2.45, 2.75) is 64.6 Å². The lowest BCUT2D eigenvalue weighted by Crippen LogP contribution is -2.53. The zero-order chi connectivity index (χ0) is 26.5. The molecule has 0 radical (unpaired) electrons. The molecule has 1 unspecified atom stereocenters. The van der Waals surface area contributed by atoms with Crippen LogP contribution in [0.15, 0.2) is 42.5 Å². The van der Waals surface area contributed by atoms with E-state index in [0.717, 1.165) is 47.4 Å². The van der Waals surface area contributed by atoms with Crippen LogP contribution < -0.4 is 9.62 Å². The molecule has 0 aromatic heterocycles. The Bertz CT molecular complexity index is 1200. The van der Waals surface area contributed by atoms with Gasteiger partial charge in [-0.3, -0.25) is 13.9 Å². The first-order valence-corrected chi connectivity index (χ1v) is 14.7. The maximum absolute atomic E-state index is 13.8. The van der Waals surface area contributed by atoms with Crippen LogP contribution in [0.25, 0.3) is 0 Å². The molecule has 2 amide bonds. The number of hydrogen-bond donors (Lipinski definition) is 1. The number of carbonyl (C=O) groups excluding carboxylic acids is 2. The molecule has 7 nitrogen and oxygen atoms in total. The first-order chi connectivity index (χ1) is 17.0. The number of amides is 2. The molecule has 0 spiro atoms. The van der Waals surface area contributed by atoms with Gasteiger partial charge in [0.05, 0.1) is 17.0 Å². The fraction of sp³-hybridized carbons (Fsp3) is 0.462. The zero-order valence-corrected chi connectivity index (χ0v) is 23.2. The van der Waals surface area contributed by atoms with Crippen LogP contribution in [-0.4, -0.2) is 50.0 Å². The van der Waals surface area contributed by atoms with Crippen LogP contribution in [-0.2, 0) is 26.2 Å². The molecule has 10 heteroatoms. The van der Waals surface area contributed by atoms with Gasteiger partial charge in [0, 0.05) is 17.6 Å². The molecule has 1 fully saturated rings. The first-order valence-electron chi connectivity index (χ1n) is 12.1. The van der Waals surface area contributed by atoms with Crippen LogP contribution >= 0.6 is 23.2 Å². The van der Waals surface area contributed by atoms with Crippen molar-refractivity contribution >= 4 is 50.7 Å². The van der Waals surface area contributed by atoms with E-state index in [2.05, 4.69) is 5.32 Å². The number of benzene rings is 2. The molecule has 196 valence electrons. The monoisotopic (exact) mass is 553 g/mol. The van der Waals surface area contributed by atoms with Crippen molar-refractivity contribution in [3.05, 3.63) is 63.6 Å². The summed E-state index contributed by atoms with van der Waals surface area (Å²) in [6.07, 6.45) is 5.38. The standard InChI is InChI=1S/C26H33Cl2N3O4S/c1-4-23(26(33)29-21-11-7-8-12-21)30(16-19-10-6-5-9-18(19)2)25(32)17-31(36(3,34)35)24-14-13-20(27)15-22(24)28/h5-6,9-10,13-15,21,23H,4,7-8,11-12,16-17H2,1-3H3,(H,29,33). The second kappa shape index (κ2) is 12.3. The highest BCUT2D eigenvalue weighted by Gasteiger charge is 2.33. The highest BCUT2D eigenvalue weighted by molar-refractivity contribution is 7.92. The van der Waals surface area contributed by atoms with Crippen molar-refractivity contribution in [2.75, 3.05) is 17.1 Å². The molecule has 2 aromatic rings. The average molecular weight is 555 g/mol. The molecule has 0 heterocycles. The minimum atomic E-state index is -3.88. The minimum Gasteiger partial charge on any atom is -0.352 e. The predicted molar refractivity (Wildman–Crippen MR) is 145 cm³/mol.